The van der Waals surface area contributed by atoms with Crippen molar-refractivity contribution < 1.29 is 33.7 Å². The molecule has 3 heterocycles. The average Bonchev–Trinajstić information content (AvgIpc) is 3.08. The van der Waals surface area contributed by atoms with Gasteiger partial charge < -0.3 is 19.3 Å². The van der Waals surface area contributed by atoms with Crippen LogP contribution in [0.5, 0.6) is 0 Å². The molecule has 7 nitrogen and oxygen atoms in total. The van der Waals surface area contributed by atoms with Crippen molar-refractivity contribution in [1.82, 2.24) is 0 Å². The van der Waals surface area contributed by atoms with Gasteiger partial charge in [0.1, 0.15) is 24.1 Å². The van der Waals surface area contributed by atoms with E-state index in [1.165, 1.54) is 6.08 Å². The Labute approximate surface area is 157 Å². The highest BCUT2D eigenvalue weighted by molar-refractivity contribution is 5.99. The van der Waals surface area contributed by atoms with Gasteiger partial charge in [0.05, 0.1) is 5.92 Å². The smallest absolute Gasteiger partial charge is 0.334 e. The normalized spacial score (nSPS) is 38.9. The number of rotatable bonds is 2. The Morgan fingerprint density at radius 2 is 2.11 bits per heavy atom. The molecule has 2 fully saturated rings. The van der Waals surface area contributed by atoms with E-state index >= 15 is 0 Å². The molecule has 0 spiro atoms. The molecule has 146 valence electrons. The molecule has 0 amide bonds. The van der Waals surface area contributed by atoms with Gasteiger partial charge in [0.2, 0.25) is 5.78 Å². The number of hydrogen-bond donors (Lipinski definition) is 1. The number of fused-ring (bicyclic) bond motifs is 3. The minimum absolute atomic E-state index is 0.0187. The number of carbonyl (C=O) groups is 3. The topological polar surface area (TPSA) is 99.1 Å². The number of hydrogen-bond acceptors (Lipinski definition) is 7. The summed E-state index contributed by atoms with van der Waals surface area (Å²) in [6.07, 6.45) is -0.0120. The molecule has 0 aromatic carbocycles. The van der Waals surface area contributed by atoms with Crippen molar-refractivity contribution in [1.29, 1.82) is 0 Å². The van der Waals surface area contributed by atoms with E-state index in [1.807, 2.05) is 0 Å². The minimum atomic E-state index is -1.25. The first-order valence-corrected chi connectivity index (χ1v) is 8.96. The lowest BCUT2D eigenvalue weighted by molar-refractivity contribution is -0.156. The number of aliphatic hydroxyl groups excluding tert-OH is 1. The van der Waals surface area contributed by atoms with E-state index in [9.17, 15) is 19.5 Å². The van der Waals surface area contributed by atoms with Crippen LogP contribution in [0.3, 0.4) is 0 Å². The number of ketones is 1. The van der Waals surface area contributed by atoms with Crippen LogP contribution in [-0.4, -0.2) is 46.7 Å². The van der Waals surface area contributed by atoms with Crippen molar-refractivity contribution in [3.05, 3.63) is 35.6 Å². The van der Waals surface area contributed by atoms with Crippen LogP contribution < -0.4 is 0 Å². The van der Waals surface area contributed by atoms with E-state index in [0.29, 0.717) is 11.3 Å². The van der Waals surface area contributed by atoms with Gasteiger partial charge in [0.25, 0.3) is 0 Å². The van der Waals surface area contributed by atoms with Crippen LogP contribution in [0.1, 0.15) is 34.1 Å². The summed E-state index contributed by atoms with van der Waals surface area (Å²) < 4.78 is 16.9. The van der Waals surface area contributed by atoms with Crippen molar-refractivity contribution in [2.75, 3.05) is 0 Å². The van der Waals surface area contributed by atoms with E-state index in [-0.39, 0.29) is 17.8 Å². The molecule has 0 aromatic rings. The van der Waals surface area contributed by atoms with Gasteiger partial charge >= 0.3 is 11.9 Å². The molecule has 2 saturated heterocycles. The fourth-order valence-corrected chi connectivity index (χ4v) is 3.74. The molecule has 7 heteroatoms. The van der Waals surface area contributed by atoms with Crippen molar-refractivity contribution in [2.45, 2.75) is 58.0 Å². The molecular weight excluding hydrogens is 352 g/mol. The Kier molecular flexibility index (Phi) is 4.76. The summed E-state index contributed by atoms with van der Waals surface area (Å²) in [5, 5.41) is 10.8. The molecule has 6 unspecified atom stereocenters. The third kappa shape index (κ3) is 3.10. The predicted molar refractivity (Wildman–Crippen MR) is 94.2 cm³/mol. The summed E-state index contributed by atoms with van der Waals surface area (Å²) in [5.41, 5.74) is -0.748. The molecule has 6 atom stereocenters. The van der Waals surface area contributed by atoms with Gasteiger partial charge in [-0.3, -0.25) is 4.79 Å². The highest BCUT2D eigenvalue weighted by Gasteiger charge is 2.56. The van der Waals surface area contributed by atoms with Crippen molar-refractivity contribution >= 4 is 17.7 Å². The van der Waals surface area contributed by atoms with Crippen LogP contribution >= 0.6 is 0 Å². The zero-order valence-corrected chi connectivity index (χ0v) is 15.9. The standard InChI is InChI=1S/C20H24O7/c1-6-9(2)18(23)25-13-8-20(5)14(21)7-12(27-20)10(3)16(22)17-15(13)11(4)19(24)26-17/h6-7,10,13,15-17,22H,4,8H2,1-3,5H3. The maximum absolute atomic E-state index is 12.6. The molecule has 27 heavy (non-hydrogen) atoms. The minimum Gasteiger partial charge on any atom is -0.483 e. The van der Waals surface area contributed by atoms with E-state index in [0.717, 1.165) is 0 Å². The largest absolute Gasteiger partial charge is 0.483 e. The van der Waals surface area contributed by atoms with Crippen LogP contribution in [-0.2, 0) is 28.6 Å². The summed E-state index contributed by atoms with van der Waals surface area (Å²) in [6.45, 7) is 10.4. The number of allylic oxidation sites excluding steroid dienone is 1. The molecule has 3 aliphatic heterocycles. The first-order valence-electron chi connectivity index (χ1n) is 8.96. The van der Waals surface area contributed by atoms with Crippen LogP contribution in [0.2, 0.25) is 0 Å². The molecule has 1 N–H and O–H groups in total. The summed E-state index contributed by atoms with van der Waals surface area (Å²) in [4.78, 5) is 37.1. The lowest BCUT2D eigenvalue weighted by Crippen LogP contribution is -2.45. The maximum atomic E-state index is 12.6. The van der Waals surface area contributed by atoms with Crippen LogP contribution in [0, 0.1) is 11.8 Å². The summed E-state index contributed by atoms with van der Waals surface area (Å²) in [7, 11) is 0. The van der Waals surface area contributed by atoms with Gasteiger partial charge in [-0.2, -0.15) is 0 Å². The molecule has 0 aliphatic carbocycles. The Balaban J connectivity index is 2.06. The fourth-order valence-electron chi connectivity index (χ4n) is 3.74. The lowest BCUT2D eigenvalue weighted by Gasteiger charge is -2.32. The van der Waals surface area contributed by atoms with E-state index in [4.69, 9.17) is 14.2 Å². The van der Waals surface area contributed by atoms with Gasteiger partial charge in [0, 0.05) is 29.6 Å². The molecule has 0 radical (unpaired) electrons. The van der Waals surface area contributed by atoms with Crippen LogP contribution in [0.4, 0.5) is 0 Å². The second-order valence-electron chi connectivity index (χ2n) is 7.56. The summed E-state index contributed by atoms with van der Waals surface area (Å²) >= 11 is 0. The Morgan fingerprint density at radius 3 is 2.74 bits per heavy atom. The highest BCUT2D eigenvalue weighted by atomic mass is 16.6. The van der Waals surface area contributed by atoms with E-state index in [1.54, 1.807) is 33.8 Å². The van der Waals surface area contributed by atoms with Crippen molar-refractivity contribution in [3.8, 4) is 0 Å². The zero-order valence-electron chi connectivity index (χ0n) is 15.9. The Morgan fingerprint density at radius 1 is 1.44 bits per heavy atom. The third-order valence-corrected chi connectivity index (χ3v) is 5.70. The molecule has 3 rings (SSSR count). The first kappa shape index (κ1) is 19.4. The molecular formula is C20H24O7. The highest BCUT2D eigenvalue weighted by Crippen LogP contribution is 2.44. The van der Waals surface area contributed by atoms with Crippen molar-refractivity contribution in [2.24, 2.45) is 11.8 Å². The molecule has 0 aromatic heterocycles. The van der Waals surface area contributed by atoms with E-state index in [2.05, 4.69) is 6.58 Å². The molecule has 2 bridgehead atoms. The second-order valence-corrected chi connectivity index (χ2v) is 7.56. The second kappa shape index (κ2) is 6.64. The third-order valence-electron chi connectivity index (χ3n) is 5.70. The van der Waals surface area contributed by atoms with Crippen LogP contribution in [0.15, 0.2) is 35.6 Å². The Hall–Kier alpha value is -2.41. The van der Waals surface area contributed by atoms with Gasteiger partial charge in [-0.05, 0) is 20.8 Å². The van der Waals surface area contributed by atoms with Gasteiger partial charge in [-0.1, -0.05) is 19.6 Å². The first-order chi connectivity index (χ1) is 12.6. The number of esters is 2. The lowest BCUT2D eigenvalue weighted by atomic mass is 9.79. The summed E-state index contributed by atoms with van der Waals surface area (Å²) in [5.74, 6) is -2.49. The average molecular weight is 376 g/mol. The number of aliphatic hydroxyl groups is 1. The zero-order chi connectivity index (χ0) is 20.1. The number of carbonyl (C=O) groups excluding carboxylic acids is 3. The summed E-state index contributed by atoms with van der Waals surface area (Å²) in [6, 6.07) is 0. The monoisotopic (exact) mass is 376 g/mol. The quantitative estimate of drug-likeness (QED) is 0.577. The van der Waals surface area contributed by atoms with Gasteiger partial charge in [0.15, 0.2) is 5.60 Å². The Bertz CT molecular complexity index is 777. The predicted octanol–water partition coefficient (Wildman–Crippen LogP) is 1.60. The SMILES string of the molecule is C=C1C(=O)OC2C(O)C(C)C3=CC(=O)C(C)(CC(OC(=O)C(C)=CC)C12)O3. The fraction of sp³-hybridized carbons (Fsp3) is 0.550. The van der Waals surface area contributed by atoms with Crippen molar-refractivity contribution in [3.63, 3.8) is 0 Å². The molecule has 3 aliphatic rings. The number of ether oxygens (including phenoxy) is 3. The van der Waals surface area contributed by atoms with Gasteiger partial charge in [-0.25, -0.2) is 9.59 Å². The van der Waals surface area contributed by atoms with E-state index < -0.39 is 47.7 Å². The maximum Gasteiger partial charge on any atom is 0.334 e. The van der Waals surface area contributed by atoms with Gasteiger partial charge in [-0.15, -0.1) is 0 Å². The molecule has 0 saturated carbocycles. The van der Waals surface area contributed by atoms with Crippen LogP contribution in [0.25, 0.3) is 0 Å².